The molecule has 2 aliphatic rings. The number of ether oxygens (including phenoxy) is 1. The maximum Gasteiger partial charge on any atom is 0.280 e. The number of hydrogen-bond acceptors (Lipinski definition) is 8. The highest BCUT2D eigenvalue weighted by Gasteiger charge is 2.29. The van der Waals surface area contributed by atoms with Gasteiger partial charge in [0.05, 0.1) is 42.9 Å². The standard InChI is InChI=1S/C26H28F2N8O3/c27-24(28)20-3-1-2-19(31-20)23-22(36-13-16(12-30-36)26-32-21(15-39-26)25(29)37)14-35(33-23)18-6-4-17(5-7-18)34-8-10-38-11-9-34/h1-3,12-15,17-18,24H,4-11H2,(H2,29,37). The summed E-state index contributed by atoms with van der Waals surface area (Å²) in [5, 5.41) is 9.29. The summed E-state index contributed by atoms with van der Waals surface area (Å²) in [4.78, 5) is 22.2. The van der Waals surface area contributed by atoms with E-state index in [9.17, 15) is 13.6 Å². The lowest BCUT2D eigenvalue weighted by atomic mass is 9.90. The Balaban J connectivity index is 1.31. The van der Waals surface area contributed by atoms with Gasteiger partial charge in [-0.25, -0.2) is 23.4 Å². The van der Waals surface area contributed by atoms with Gasteiger partial charge in [-0.2, -0.15) is 10.2 Å². The molecule has 2 N–H and O–H groups in total. The molecule has 39 heavy (non-hydrogen) atoms. The van der Waals surface area contributed by atoms with Crippen LogP contribution in [0.1, 0.15) is 54.3 Å². The third kappa shape index (κ3) is 5.19. The highest BCUT2D eigenvalue weighted by atomic mass is 19.3. The molecule has 11 nitrogen and oxygen atoms in total. The van der Waals surface area contributed by atoms with Crippen molar-refractivity contribution >= 4 is 5.91 Å². The first-order valence-corrected chi connectivity index (χ1v) is 12.9. The molecular formula is C26H28F2N8O3. The number of hydrogen-bond donors (Lipinski definition) is 1. The molecule has 6 rings (SSSR count). The Morgan fingerprint density at radius 3 is 2.54 bits per heavy atom. The fourth-order valence-electron chi connectivity index (χ4n) is 5.34. The number of alkyl halides is 2. The molecule has 0 spiro atoms. The quantitative estimate of drug-likeness (QED) is 0.378. The van der Waals surface area contributed by atoms with Gasteiger partial charge in [0.15, 0.2) is 5.69 Å². The van der Waals surface area contributed by atoms with Crippen molar-refractivity contribution < 1.29 is 22.7 Å². The maximum atomic E-state index is 13.5. The van der Waals surface area contributed by atoms with Gasteiger partial charge < -0.3 is 14.9 Å². The average molecular weight is 539 g/mol. The molecule has 5 heterocycles. The Labute approximate surface area is 222 Å². The van der Waals surface area contributed by atoms with Crippen LogP contribution in [0, 0.1) is 0 Å². The van der Waals surface area contributed by atoms with Gasteiger partial charge in [-0.05, 0) is 37.8 Å². The van der Waals surface area contributed by atoms with E-state index in [1.54, 1.807) is 23.0 Å². The molecule has 204 valence electrons. The summed E-state index contributed by atoms with van der Waals surface area (Å²) in [6.45, 7) is 3.48. The predicted molar refractivity (Wildman–Crippen MR) is 135 cm³/mol. The molecule has 1 amide bonds. The van der Waals surface area contributed by atoms with Crippen molar-refractivity contribution in [2.24, 2.45) is 5.73 Å². The van der Waals surface area contributed by atoms with Crippen LogP contribution in [0.2, 0.25) is 0 Å². The Bertz CT molecular complexity index is 1450. The van der Waals surface area contributed by atoms with Gasteiger partial charge in [-0.3, -0.25) is 14.4 Å². The van der Waals surface area contributed by atoms with Crippen LogP contribution in [-0.4, -0.2) is 72.7 Å². The van der Waals surface area contributed by atoms with E-state index in [0.29, 0.717) is 28.7 Å². The second kappa shape index (κ2) is 10.7. The van der Waals surface area contributed by atoms with E-state index in [-0.39, 0.29) is 23.3 Å². The Hall–Kier alpha value is -3.97. The molecule has 13 heteroatoms. The summed E-state index contributed by atoms with van der Waals surface area (Å²) < 4.78 is 41.3. The van der Waals surface area contributed by atoms with Crippen LogP contribution in [0.3, 0.4) is 0 Å². The first-order chi connectivity index (χ1) is 19.0. The molecule has 4 aromatic heterocycles. The molecule has 0 unspecified atom stereocenters. The van der Waals surface area contributed by atoms with Crippen molar-refractivity contribution in [2.45, 2.75) is 44.2 Å². The summed E-state index contributed by atoms with van der Waals surface area (Å²) in [6, 6.07) is 5.20. The molecule has 2 fully saturated rings. The molecule has 0 atom stereocenters. The van der Waals surface area contributed by atoms with Gasteiger partial charge in [0.25, 0.3) is 12.3 Å². The molecule has 1 aliphatic carbocycles. The molecule has 4 aromatic rings. The minimum Gasteiger partial charge on any atom is -0.444 e. The van der Waals surface area contributed by atoms with Gasteiger partial charge in [0.2, 0.25) is 5.89 Å². The number of carbonyl (C=O) groups is 1. The highest BCUT2D eigenvalue weighted by Crippen LogP contribution is 2.34. The minimum absolute atomic E-state index is 0.00644. The number of oxazole rings is 1. The van der Waals surface area contributed by atoms with Crippen molar-refractivity contribution in [2.75, 3.05) is 26.3 Å². The fourth-order valence-corrected chi connectivity index (χ4v) is 5.34. The van der Waals surface area contributed by atoms with Gasteiger partial charge in [-0.15, -0.1) is 0 Å². The maximum absolute atomic E-state index is 13.5. The van der Waals surface area contributed by atoms with E-state index in [2.05, 4.69) is 20.0 Å². The van der Waals surface area contributed by atoms with Crippen LogP contribution < -0.4 is 5.73 Å². The van der Waals surface area contributed by atoms with E-state index in [1.165, 1.54) is 18.5 Å². The lowest BCUT2D eigenvalue weighted by Crippen LogP contribution is -2.45. The Morgan fingerprint density at radius 2 is 1.82 bits per heavy atom. The summed E-state index contributed by atoms with van der Waals surface area (Å²) in [5.74, 6) is -0.516. The fraction of sp³-hybridized carbons (Fsp3) is 0.423. The predicted octanol–water partition coefficient (Wildman–Crippen LogP) is 3.64. The van der Waals surface area contributed by atoms with Crippen molar-refractivity contribution in [3.8, 4) is 28.5 Å². The van der Waals surface area contributed by atoms with Crippen LogP contribution in [0.5, 0.6) is 0 Å². The zero-order valence-corrected chi connectivity index (χ0v) is 21.1. The van der Waals surface area contributed by atoms with Gasteiger partial charge in [0.1, 0.15) is 23.3 Å². The lowest BCUT2D eigenvalue weighted by Gasteiger charge is -2.38. The number of morpholine rings is 1. The second-order valence-corrected chi connectivity index (χ2v) is 9.78. The van der Waals surface area contributed by atoms with Crippen LogP contribution in [0.15, 0.2) is 47.5 Å². The first-order valence-electron chi connectivity index (χ1n) is 12.9. The van der Waals surface area contributed by atoms with Gasteiger partial charge in [0, 0.05) is 25.3 Å². The molecule has 0 aromatic carbocycles. The normalized spacial score (nSPS) is 20.5. The molecule has 1 saturated heterocycles. The molecule has 1 aliphatic heterocycles. The summed E-state index contributed by atoms with van der Waals surface area (Å²) >= 11 is 0. The SMILES string of the molecule is NC(=O)c1coc(-c2cnn(-c3cn(C4CCC(N5CCOCC5)CC4)nc3-c3cccc(C(F)F)n3)c2)n1. The van der Waals surface area contributed by atoms with Crippen molar-refractivity contribution in [1.82, 2.24) is 34.4 Å². The zero-order chi connectivity index (χ0) is 26.9. The second-order valence-electron chi connectivity index (χ2n) is 9.78. The number of carbonyl (C=O) groups excluding carboxylic acids is 1. The number of nitrogens with two attached hydrogens (primary N) is 1. The van der Waals surface area contributed by atoms with Crippen molar-refractivity contribution in [1.29, 1.82) is 0 Å². The number of halogens is 2. The monoisotopic (exact) mass is 538 g/mol. The third-order valence-corrected chi connectivity index (χ3v) is 7.38. The zero-order valence-electron chi connectivity index (χ0n) is 21.1. The number of pyridine rings is 1. The topological polar surface area (TPSA) is 130 Å². The summed E-state index contributed by atoms with van der Waals surface area (Å²) in [6.07, 6.45) is 7.57. The molecular weight excluding hydrogens is 510 g/mol. The highest BCUT2D eigenvalue weighted by molar-refractivity contribution is 5.90. The van der Waals surface area contributed by atoms with Crippen LogP contribution in [-0.2, 0) is 4.74 Å². The van der Waals surface area contributed by atoms with Crippen molar-refractivity contribution in [3.63, 3.8) is 0 Å². The average Bonchev–Trinajstić information content (AvgIpc) is 3.73. The van der Waals surface area contributed by atoms with Gasteiger partial charge in [-0.1, -0.05) is 6.07 Å². The summed E-state index contributed by atoms with van der Waals surface area (Å²) in [7, 11) is 0. The number of primary amides is 1. The third-order valence-electron chi connectivity index (χ3n) is 7.38. The minimum atomic E-state index is -2.70. The van der Waals surface area contributed by atoms with E-state index in [1.807, 2.05) is 10.9 Å². The largest absolute Gasteiger partial charge is 0.444 e. The number of aromatic nitrogens is 6. The van der Waals surface area contributed by atoms with Gasteiger partial charge >= 0.3 is 0 Å². The van der Waals surface area contributed by atoms with Crippen LogP contribution >= 0.6 is 0 Å². The first kappa shape index (κ1) is 25.3. The molecule has 1 saturated carbocycles. The van der Waals surface area contributed by atoms with Crippen LogP contribution in [0.4, 0.5) is 8.78 Å². The number of nitrogens with zero attached hydrogens (tertiary/aromatic N) is 7. The van der Waals surface area contributed by atoms with Crippen LogP contribution in [0.25, 0.3) is 28.5 Å². The lowest BCUT2D eigenvalue weighted by molar-refractivity contribution is 0.00507. The number of rotatable bonds is 7. The van der Waals surface area contributed by atoms with E-state index in [0.717, 1.165) is 52.0 Å². The number of amides is 1. The van der Waals surface area contributed by atoms with E-state index >= 15 is 0 Å². The van der Waals surface area contributed by atoms with Crippen molar-refractivity contribution in [3.05, 3.63) is 54.4 Å². The van der Waals surface area contributed by atoms with E-state index in [4.69, 9.17) is 20.0 Å². The molecule has 0 bridgehead atoms. The smallest absolute Gasteiger partial charge is 0.280 e. The summed E-state index contributed by atoms with van der Waals surface area (Å²) in [5.41, 5.74) is 6.83. The Morgan fingerprint density at radius 1 is 1.05 bits per heavy atom. The Kier molecular flexibility index (Phi) is 6.92. The molecule has 0 radical (unpaired) electrons. The van der Waals surface area contributed by atoms with E-state index < -0.39 is 12.3 Å².